The van der Waals surface area contributed by atoms with E-state index in [4.69, 9.17) is 9.47 Å². The fourth-order valence-electron chi connectivity index (χ4n) is 3.06. The van der Waals surface area contributed by atoms with E-state index in [9.17, 15) is 8.42 Å². The number of ether oxygens (including phenoxy) is 2. The van der Waals surface area contributed by atoms with Gasteiger partial charge >= 0.3 is 0 Å². The molecule has 0 spiro atoms. The van der Waals surface area contributed by atoms with Crippen molar-refractivity contribution in [2.45, 2.75) is 4.90 Å². The fourth-order valence-corrected chi connectivity index (χ4v) is 4.11. The van der Waals surface area contributed by atoms with Crippen LogP contribution in [0.4, 0.5) is 0 Å². The molecule has 158 valence electrons. The summed E-state index contributed by atoms with van der Waals surface area (Å²) in [5.41, 5.74) is 1.61. The molecule has 0 fully saturated rings. The lowest BCUT2D eigenvalue weighted by molar-refractivity contribution is 0.307. The first-order chi connectivity index (χ1) is 15.0. The van der Waals surface area contributed by atoms with Crippen LogP contribution < -0.4 is 14.2 Å². The Kier molecular flexibility index (Phi) is 6.11. The molecule has 0 aliphatic rings. The van der Waals surface area contributed by atoms with Crippen molar-refractivity contribution in [1.82, 2.24) is 14.9 Å². The summed E-state index contributed by atoms with van der Waals surface area (Å²) in [6.45, 7) is 0.237. The molecule has 0 saturated heterocycles. The summed E-state index contributed by atoms with van der Waals surface area (Å²) in [7, 11) is -2.02. The minimum atomic E-state index is -3.63. The summed E-state index contributed by atoms with van der Waals surface area (Å²) in [6.07, 6.45) is 0. The molecule has 31 heavy (non-hydrogen) atoms. The molecule has 1 aromatic heterocycles. The van der Waals surface area contributed by atoms with Crippen LogP contribution in [0.5, 0.6) is 11.6 Å². The summed E-state index contributed by atoms with van der Waals surface area (Å²) in [5.74, 6) is 1.09. The van der Waals surface area contributed by atoms with Crippen molar-refractivity contribution in [2.24, 2.45) is 0 Å². The van der Waals surface area contributed by atoms with E-state index in [1.807, 2.05) is 48.5 Å². The van der Waals surface area contributed by atoms with Crippen LogP contribution in [0.3, 0.4) is 0 Å². The Labute approximate surface area is 180 Å². The molecule has 0 bridgehead atoms. The largest absolute Gasteiger partial charge is 0.497 e. The van der Waals surface area contributed by atoms with Crippen LogP contribution in [-0.2, 0) is 10.0 Å². The Morgan fingerprint density at radius 3 is 2.35 bits per heavy atom. The van der Waals surface area contributed by atoms with Crippen molar-refractivity contribution < 1.29 is 17.9 Å². The number of hydrogen-bond acceptors (Lipinski definition) is 6. The summed E-state index contributed by atoms with van der Waals surface area (Å²) >= 11 is 0. The molecule has 0 saturated carbocycles. The van der Waals surface area contributed by atoms with E-state index in [-0.39, 0.29) is 18.0 Å². The number of fused-ring (bicyclic) bond motifs is 1. The van der Waals surface area contributed by atoms with Gasteiger partial charge in [-0.15, -0.1) is 10.2 Å². The third-order valence-corrected chi connectivity index (χ3v) is 6.16. The molecule has 3 aromatic carbocycles. The molecular formula is C23H21N3O4S. The number of benzene rings is 3. The average Bonchev–Trinajstić information content (AvgIpc) is 2.82. The molecule has 0 atom stereocenters. The highest BCUT2D eigenvalue weighted by Gasteiger charge is 2.14. The lowest BCUT2D eigenvalue weighted by Gasteiger charge is -2.09. The van der Waals surface area contributed by atoms with Gasteiger partial charge in [-0.25, -0.2) is 13.1 Å². The third kappa shape index (κ3) is 4.99. The standard InChI is InChI=1S/C23H21N3O4S/c1-29-20-9-6-18(7-10-20)22-12-13-23(26-25-22)30-15-14-24-31(27,28)21-11-8-17-4-2-3-5-19(17)16-21/h2-13,16,24H,14-15H2,1H3. The molecule has 0 aliphatic heterocycles. The van der Waals surface area contributed by atoms with E-state index in [0.29, 0.717) is 11.6 Å². The molecule has 0 radical (unpaired) electrons. The van der Waals surface area contributed by atoms with Gasteiger partial charge in [-0.3, -0.25) is 0 Å². The van der Waals surface area contributed by atoms with Crippen LogP contribution >= 0.6 is 0 Å². The number of rotatable bonds is 8. The second kappa shape index (κ2) is 9.11. The van der Waals surface area contributed by atoms with E-state index in [1.54, 1.807) is 37.4 Å². The van der Waals surface area contributed by atoms with Gasteiger partial charge in [0.2, 0.25) is 15.9 Å². The Bertz CT molecular complexity index is 1270. The van der Waals surface area contributed by atoms with E-state index in [0.717, 1.165) is 22.1 Å². The van der Waals surface area contributed by atoms with Gasteiger partial charge in [-0.05, 0) is 53.2 Å². The number of hydrogen-bond donors (Lipinski definition) is 1. The Hall–Kier alpha value is -3.49. The number of aromatic nitrogens is 2. The van der Waals surface area contributed by atoms with Gasteiger partial charge in [-0.2, -0.15) is 0 Å². The zero-order valence-electron chi connectivity index (χ0n) is 16.9. The van der Waals surface area contributed by atoms with Crippen molar-refractivity contribution >= 4 is 20.8 Å². The lowest BCUT2D eigenvalue weighted by atomic mass is 10.1. The van der Waals surface area contributed by atoms with Crippen molar-refractivity contribution in [3.63, 3.8) is 0 Å². The van der Waals surface area contributed by atoms with Crippen LogP contribution in [0.1, 0.15) is 0 Å². The van der Waals surface area contributed by atoms with Gasteiger partial charge in [0.15, 0.2) is 0 Å². The first-order valence-corrected chi connectivity index (χ1v) is 11.1. The van der Waals surface area contributed by atoms with Gasteiger partial charge in [0.25, 0.3) is 0 Å². The lowest BCUT2D eigenvalue weighted by Crippen LogP contribution is -2.28. The van der Waals surface area contributed by atoms with Crippen LogP contribution in [0, 0.1) is 0 Å². The topological polar surface area (TPSA) is 90.4 Å². The number of sulfonamides is 1. The highest BCUT2D eigenvalue weighted by molar-refractivity contribution is 7.89. The van der Waals surface area contributed by atoms with Crippen LogP contribution in [-0.4, -0.2) is 38.9 Å². The van der Waals surface area contributed by atoms with Crippen LogP contribution in [0.15, 0.2) is 83.8 Å². The minimum Gasteiger partial charge on any atom is -0.497 e. The molecule has 1 N–H and O–H groups in total. The third-order valence-electron chi connectivity index (χ3n) is 4.70. The molecular weight excluding hydrogens is 414 g/mol. The first-order valence-electron chi connectivity index (χ1n) is 9.64. The summed E-state index contributed by atoms with van der Waals surface area (Å²) in [6, 6.07) is 23.6. The summed E-state index contributed by atoms with van der Waals surface area (Å²) in [5, 5.41) is 10.1. The maximum atomic E-state index is 12.5. The second-order valence-corrected chi connectivity index (χ2v) is 8.51. The van der Waals surface area contributed by atoms with E-state index >= 15 is 0 Å². The van der Waals surface area contributed by atoms with Gasteiger partial charge in [-0.1, -0.05) is 30.3 Å². The number of methoxy groups -OCH3 is 1. The zero-order valence-corrected chi connectivity index (χ0v) is 17.7. The maximum Gasteiger partial charge on any atom is 0.240 e. The average molecular weight is 436 g/mol. The fraction of sp³-hybridized carbons (Fsp3) is 0.130. The number of nitrogens with zero attached hydrogens (tertiary/aromatic N) is 2. The first kappa shape index (κ1) is 20.8. The highest BCUT2D eigenvalue weighted by Crippen LogP contribution is 2.21. The van der Waals surface area contributed by atoms with Crippen molar-refractivity contribution in [1.29, 1.82) is 0 Å². The monoisotopic (exact) mass is 435 g/mol. The van der Waals surface area contributed by atoms with Gasteiger partial charge in [0.05, 0.1) is 17.7 Å². The molecule has 4 aromatic rings. The van der Waals surface area contributed by atoms with Crippen molar-refractivity contribution in [3.05, 3.63) is 78.9 Å². The van der Waals surface area contributed by atoms with Crippen LogP contribution in [0.2, 0.25) is 0 Å². The maximum absolute atomic E-state index is 12.5. The summed E-state index contributed by atoms with van der Waals surface area (Å²) in [4.78, 5) is 0.217. The highest BCUT2D eigenvalue weighted by atomic mass is 32.2. The quantitative estimate of drug-likeness (QED) is 0.425. The normalized spacial score (nSPS) is 11.4. The predicted molar refractivity (Wildman–Crippen MR) is 119 cm³/mol. The van der Waals surface area contributed by atoms with E-state index in [1.165, 1.54) is 0 Å². The molecule has 1 heterocycles. The molecule has 0 amide bonds. The molecule has 7 nitrogen and oxygen atoms in total. The van der Waals surface area contributed by atoms with E-state index in [2.05, 4.69) is 14.9 Å². The Morgan fingerprint density at radius 2 is 1.65 bits per heavy atom. The van der Waals surface area contributed by atoms with Crippen molar-refractivity contribution in [2.75, 3.05) is 20.3 Å². The van der Waals surface area contributed by atoms with E-state index < -0.39 is 10.0 Å². The second-order valence-electron chi connectivity index (χ2n) is 6.74. The molecule has 8 heteroatoms. The van der Waals surface area contributed by atoms with Crippen molar-refractivity contribution in [3.8, 4) is 22.9 Å². The predicted octanol–water partition coefficient (Wildman–Crippen LogP) is 3.66. The smallest absolute Gasteiger partial charge is 0.240 e. The SMILES string of the molecule is COc1ccc(-c2ccc(OCCNS(=O)(=O)c3ccc4ccccc4c3)nn2)cc1. The molecule has 0 unspecified atom stereocenters. The molecule has 0 aliphatic carbocycles. The zero-order chi connectivity index (χ0) is 21.7. The van der Waals surface area contributed by atoms with Gasteiger partial charge in [0, 0.05) is 18.2 Å². The minimum absolute atomic E-state index is 0.108. The number of nitrogens with one attached hydrogen (secondary N) is 1. The van der Waals surface area contributed by atoms with Gasteiger partial charge in [0.1, 0.15) is 12.4 Å². The van der Waals surface area contributed by atoms with Crippen LogP contribution in [0.25, 0.3) is 22.0 Å². The molecule has 4 rings (SSSR count). The Balaban J connectivity index is 1.32. The Morgan fingerprint density at radius 1 is 0.871 bits per heavy atom. The summed E-state index contributed by atoms with van der Waals surface area (Å²) < 4.78 is 38.3. The van der Waals surface area contributed by atoms with Gasteiger partial charge < -0.3 is 9.47 Å².